The van der Waals surface area contributed by atoms with Crippen LogP contribution in [0.5, 0.6) is 0 Å². The zero-order valence-electron chi connectivity index (χ0n) is 10.1. The average molecular weight is 254 g/mol. The summed E-state index contributed by atoms with van der Waals surface area (Å²) >= 11 is 1.72. The van der Waals surface area contributed by atoms with Crippen molar-refractivity contribution in [2.75, 3.05) is 37.6 Å². The molecule has 0 atom stereocenters. The highest BCUT2D eigenvalue weighted by molar-refractivity contribution is 7.13. The van der Waals surface area contributed by atoms with Crippen molar-refractivity contribution in [1.82, 2.24) is 9.88 Å². The second-order valence-electron chi connectivity index (χ2n) is 4.32. The van der Waals surface area contributed by atoms with E-state index >= 15 is 0 Å². The largest absolute Gasteiger partial charge is 0.390 e. The number of hydrogen-bond acceptors (Lipinski definition) is 5. The Morgan fingerprint density at radius 1 is 1.29 bits per heavy atom. The van der Waals surface area contributed by atoms with Crippen LogP contribution >= 0.6 is 11.3 Å². The molecule has 1 aliphatic rings. The van der Waals surface area contributed by atoms with E-state index in [0.717, 1.165) is 50.7 Å². The number of nitrogens with zero attached hydrogens (tertiary/aromatic N) is 3. The number of aromatic nitrogens is 1. The molecule has 0 aromatic carbocycles. The number of anilines is 1. The number of thiazole rings is 1. The van der Waals surface area contributed by atoms with Crippen molar-refractivity contribution in [3.63, 3.8) is 0 Å². The minimum atomic E-state index is 0.819. The third kappa shape index (κ3) is 3.94. The lowest BCUT2D eigenvalue weighted by atomic mass is 10.2. The fourth-order valence-corrected chi connectivity index (χ4v) is 2.80. The van der Waals surface area contributed by atoms with E-state index in [1.54, 1.807) is 11.3 Å². The third-order valence-corrected chi connectivity index (χ3v) is 3.95. The van der Waals surface area contributed by atoms with Crippen LogP contribution < -0.4 is 4.90 Å². The van der Waals surface area contributed by atoms with Crippen molar-refractivity contribution < 1.29 is 5.11 Å². The van der Waals surface area contributed by atoms with Gasteiger partial charge in [0.1, 0.15) is 0 Å². The quantitative estimate of drug-likeness (QED) is 0.788. The van der Waals surface area contributed by atoms with Gasteiger partial charge in [0.2, 0.25) is 0 Å². The summed E-state index contributed by atoms with van der Waals surface area (Å²) in [5.74, 6) is 0. The first-order valence-electron chi connectivity index (χ1n) is 6.23. The van der Waals surface area contributed by atoms with Gasteiger partial charge in [-0.25, -0.2) is 4.98 Å². The monoisotopic (exact) mass is 254 g/mol. The van der Waals surface area contributed by atoms with Gasteiger partial charge in [-0.3, -0.25) is 4.90 Å². The van der Waals surface area contributed by atoms with Gasteiger partial charge >= 0.3 is 0 Å². The fraction of sp³-hybridized carbons (Fsp3) is 0.667. The molecule has 1 N–H and O–H groups in total. The van der Waals surface area contributed by atoms with Crippen LogP contribution in [0.4, 0.5) is 5.13 Å². The van der Waals surface area contributed by atoms with Gasteiger partial charge in [0.15, 0.2) is 5.13 Å². The van der Waals surface area contributed by atoms with Crippen LogP contribution in [-0.4, -0.2) is 47.7 Å². The Morgan fingerprint density at radius 2 is 2.12 bits per heavy atom. The predicted octanol–water partition coefficient (Wildman–Crippen LogP) is 1.97. The Morgan fingerprint density at radius 3 is 2.76 bits per heavy atom. The molecule has 1 saturated heterocycles. The first kappa shape index (κ1) is 12.8. The number of hydrogen-bond donors (Lipinski definition) is 1. The molecule has 1 aliphatic heterocycles. The van der Waals surface area contributed by atoms with Crippen molar-refractivity contribution >= 4 is 16.5 Å². The van der Waals surface area contributed by atoms with E-state index in [1.807, 2.05) is 11.6 Å². The maximum Gasteiger partial charge on any atom is 0.185 e. The van der Waals surface area contributed by atoms with Gasteiger partial charge in [0.25, 0.3) is 0 Å². The minimum absolute atomic E-state index is 0.819. The van der Waals surface area contributed by atoms with Crippen LogP contribution in [0.25, 0.3) is 0 Å². The van der Waals surface area contributed by atoms with Crippen LogP contribution in [0.15, 0.2) is 11.6 Å². The third-order valence-electron chi connectivity index (χ3n) is 3.12. The smallest absolute Gasteiger partial charge is 0.185 e. The zero-order valence-corrected chi connectivity index (χ0v) is 10.9. The van der Waals surface area contributed by atoms with Crippen LogP contribution in [-0.2, 0) is 0 Å². The molecular weight excluding hydrogens is 234 g/mol. The van der Waals surface area contributed by atoms with E-state index in [1.165, 1.54) is 13.0 Å². The molecule has 0 aliphatic carbocycles. The normalized spacial score (nSPS) is 17.6. The fourth-order valence-electron chi connectivity index (χ4n) is 2.11. The summed E-state index contributed by atoms with van der Waals surface area (Å²) in [4.78, 5) is 9.21. The molecule has 0 saturated carbocycles. The molecule has 2 rings (SSSR count). The van der Waals surface area contributed by atoms with Gasteiger partial charge in [-0.05, 0) is 25.8 Å². The van der Waals surface area contributed by atoms with E-state index in [0.29, 0.717) is 0 Å². The number of aliphatic hydroxyl groups is 1. The summed E-state index contributed by atoms with van der Waals surface area (Å²) in [6.45, 7) is 6.84. The van der Waals surface area contributed by atoms with Gasteiger partial charge in [-0.1, -0.05) is 0 Å². The van der Waals surface area contributed by atoms with E-state index in [2.05, 4.69) is 14.8 Å². The standard InChI is InChI=1S/C12H20N3OS/c16-10-3-1-2-5-14-6-8-15(9-7-14)12-13-4-11-17-12/h4,10-11,16H,1-3,5-9H2. The highest BCUT2D eigenvalue weighted by Gasteiger charge is 2.17. The van der Waals surface area contributed by atoms with Crippen LogP contribution in [0.2, 0.25) is 0 Å². The van der Waals surface area contributed by atoms with Crippen LogP contribution in [0.1, 0.15) is 19.3 Å². The van der Waals surface area contributed by atoms with Crippen LogP contribution in [0, 0.1) is 6.61 Å². The summed E-state index contributed by atoms with van der Waals surface area (Å²) in [6, 6.07) is 0. The average Bonchev–Trinajstić information content (AvgIpc) is 2.89. The summed E-state index contributed by atoms with van der Waals surface area (Å²) in [5.41, 5.74) is 0. The minimum Gasteiger partial charge on any atom is -0.390 e. The second-order valence-corrected chi connectivity index (χ2v) is 5.19. The van der Waals surface area contributed by atoms with Gasteiger partial charge in [0, 0.05) is 37.8 Å². The van der Waals surface area contributed by atoms with Crippen molar-refractivity contribution in [2.45, 2.75) is 19.3 Å². The lowest BCUT2D eigenvalue weighted by Gasteiger charge is -2.34. The van der Waals surface area contributed by atoms with E-state index in [-0.39, 0.29) is 0 Å². The molecule has 2 heterocycles. The zero-order chi connectivity index (χ0) is 11.9. The highest BCUT2D eigenvalue weighted by Crippen LogP contribution is 2.18. The molecule has 4 nitrogen and oxygen atoms in total. The Bertz CT molecular complexity index is 297. The SMILES string of the molecule is O[CH]CCCCN1CCN(c2nccs2)CC1. The summed E-state index contributed by atoms with van der Waals surface area (Å²) in [6.07, 6.45) is 4.95. The first-order valence-corrected chi connectivity index (χ1v) is 7.11. The number of unbranched alkanes of at least 4 members (excludes halogenated alkanes) is 2. The first-order chi connectivity index (χ1) is 8.40. The second kappa shape index (κ2) is 6.93. The molecule has 0 spiro atoms. The molecular formula is C12H20N3OS. The van der Waals surface area contributed by atoms with Gasteiger partial charge in [-0.15, -0.1) is 11.3 Å². The summed E-state index contributed by atoms with van der Waals surface area (Å²) in [5, 5.41) is 11.8. The Kier molecular flexibility index (Phi) is 5.22. The van der Waals surface area contributed by atoms with E-state index in [9.17, 15) is 0 Å². The van der Waals surface area contributed by atoms with Crippen molar-refractivity contribution in [3.8, 4) is 0 Å². The molecule has 1 fully saturated rings. The highest BCUT2D eigenvalue weighted by atomic mass is 32.1. The Hall–Kier alpha value is -0.650. The van der Waals surface area contributed by atoms with Crippen molar-refractivity contribution in [3.05, 3.63) is 18.2 Å². The number of piperazine rings is 1. The van der Waals surface area contributed by atoms with E-state index < -0.39 is 0 Å². The molecule has 0 unspecified atom stereocenters. The van der Waals surface area contributed by atoms with Crippen molar-refractivity contribution in [1.29, 1.82) is 0 Å². The molecule has 17 heavy (non-hydrogen) atoms. The lowest BCUT2D eigenvalue weighted by Crippen LogP contribution is -2.46. The molecule has 5 heteroatoms. The summed E-state index contributed by atoms with van der Waals surface area (Å²) < 4.78 is 0. The van der Waals surface area contributed by atoms with Crippen LogP contribution in [0.3, 0.4) is 0 Å². The van der Waals surface area contributed by atoms with Gasteiger partial charge in [0.05, 0.1) is 6.61 Å². The predicted molar refractivity (Wildman–Crippen MR) is 70.9 cm³/mol. The molecule has 95 valence electrons. The molecule has 0 amide bonds. The van der Waals surface area contributed by atoms with Crippen molar-refractivity contribution in [2.24, 2.45) is 0 Å². The molecule has 1 aromatic heterocycles. The maximum atomic E-state index is 8.59. The number of aliphatic hydroxyl groups excluding tert-OH is 1. The Balaban J connectivity index is 1.64. The molecule has 1 radical (unpaired) electrons. The molecule has 1 aromatic rings. The lowest BCUT2D eigenvalue weighted by molar-refractivity contribution is 0.250. The van der Waals surface area contributed by atoms with Gasteiger partial charge < -0.3 is 10.0 Å². The Labute approximate surface area is 107 Å². The topological polar surface area (TPSA) is 39.6 Å². The van der Waals surface area contributed by atoms with Gasteiger partial charge in [-0.2, -0.15) is 0 Å². The van der Waals surface area contributed by atoms with E-state index in [4.69, 9.17) is 5.11 Å². The summed E-state index contributed by atoms with van der Waals surface area (Å²) in [7, 11) is 0. The molecule has 0 bridgehead atoms. The number of rotatable bonds is 6. The maximum absolute atomic E-state index is 8.59.